The van der Waals surface area contributed by atoms with E-state index in [2.05, 4.69) is 4.98 Å². The number of hydrogen-bond acceptors (Lipinski definition) is 5. The van der Waals surface area contributed by atoms with Gasteiger partial charge in [0, 0.05) is 11.1 Å². The van der Waals surface area contributed by atoms with E-state index in [-0.39, 0.29) is 5.76 Å². The highest BCUT2D eigenvalue weighted by Crippen LogP contribution is 2.27. The maximum atomic E-state index is 10.9. The quantitative estimate of drug-likeness (QED) is 0.733. The van der Waals surface area contributed by atoms with Gasteiger partial charge < -0.3 is 13.9 Å². The van der Waals surface area contributed by atoms with Gasteiger partial charge in [-0.05, 0) is 37.6 Å². The lowest BCUT2D eigenvalue weighted by Gasteiger charge is -1.98. The number of rotatable bonds is 4. The summed E-state index contributed by atoms with van der Waals surface area (Å²) in [6, 6.07) is 7.14. The first-order chi connectivity index (χ1) is 10.0. The zero-order chi connectivity index (χ0) is 15.0. The van der Waals surface area contributed by atoms with Crippen LogP contribution in [0.4, 0.5) is 0 Å². The summed E-state index contributed by atoms with van der Waals surface area (Å²) in [7, 11) is 0. The smallest absolute Gasteiger partial charge is 0.371 e. The average Bonchev–Trinajstić information content (AvgIpc) is 3.00. The van der Waals surface area contributed by atoms with Crippen LogP contribution in [0.25, 0.3) is 11.0 Å². The van der Waals surface area contributed by atoms with Crippen molar-refractivity contribution in [1.82, 2.24) is 4.98 Å². The van der Waals surface area contributed by atoms with Crippen molar-refractivity contribution in [1.29, 1.82) is 0 Å². The summed E-state index contributed by atoms with van der Waals surface area (Å²) in [5.41, 5.74) is 2.52. The fourth-order valence-corrected chi connectivity index (χ4v) is 2.79. The molecule has 0 amide bonds. The van der Waals surface area contributed by atoms with Crippen LogP contribution in [0.2, 0.25) is 0 Å². The Morgan fingerprint density at radius 1 is 1.29 bits per heavy atom. The fourth-order valence-electron chi connectivity index (χ4n) is 1.94. The van der Waals surface area contributed by atoms with Crippen molar-refractivity contribution in [3.63, 3.8) is 0 Å². The van der Waals surface area contributed by atoms with E-state index in [4.69, 9.17) is 13.9 Å². The highest BCUT2D eigenvalue weighted by Gasteiger charge is 2.11. The van der Waals surface area contributed by atoms with Crippen LogP contribution < -0.4 is 0 Å². The number of thioether (sulfide) groups is 1. The summed E-state index contributed by atoms with van der Waals surface area (Å²) in [5, 5.41) is 10.3. The van der Waals surface area contributed by atoms with Crippen LogP contribution in [-0.4, -0.2) is 16.1 Å². The number of fused-ring (bicyclic) bond motifs is 1. The monoisotopic (exact) mass is 303 g/mol. The van der Waals surface area contributed by atoms with Crippen LogP contribution in [0.1, 0.15) is 27.6 Å². The Kier molecular flexibility index (Phi) is 3.47. The number of aromatic nitrogens is 1. The summed E-state index contributed by atoms with van der Waals surface area (Å²) in [4.78, 5) is 15.2. The van der Waals surface area contributed by atoms with Gasteiger partial charge in [-0.15, -0.1) is 0 Å². The van der Waals surface area contributed by atoms with Gasteiger partial charge in [0.15, 0.2) is 0 Å². The molecule has 0 fully saturated rings. The number of carboxylic acids is 1. The molecular weight excluding hydrogens is 290 g/mol. The Morgan fingerprint density at radius 3 is 2.76 bits per heavy atom. The molecule has 1 N–H and O–H groups in total. The third-order valence-corrected chi connectivity index (χ3v) is 4.06. The molecule has 0 aliphatic heterocycles. The number of aryl methyl sites for hydroxylation is 2. The summed E-state index contributed by atoms with van der Waals surface area (Å²) in [6.45, 7) is 3.80. The van der Waals surface area contributed by atoms with Gasteiger partial charge in [0.05, 0.1) is 5.69 Å². The lowest BCUT2D eigenvalue weighted by Crippen LogP contribution is -1.91. The second-order valence-corrected chi connectivity index (χ2v) is 5.62. The number of carbonyl (C=O) groups is 1. The molecule has 0 atom stereocenters. The Bertz CT molecular complexity index is 799. The minimum Gasteiger partial charge on any atom is -0.475 e. The molecule has 0 saturated heterocycles. The van der Waals surface area contributed by atoms with E-state index in [1.54, 1.807) is 6.07 Å². The van der Waals surface area contributed by atoms with Gasteiger partial charge in [0.1, 0.15) is 11.3 Å². The van der Waals surface area contributed by atoms with Crippen molar-refractivity contribution in [3.8, 4) is 0 Å². The normalized spacial score (nSPS) is 11.1. The molecule has 6 heteroatoms. The summed E-state index contributed by atoms with van der Waals surface area (Å²) in [6.07, 6.45) is 0. The van der Waals surface area contributed by atoms with E-state index in [0.717, 1.165) is 22.4 Å². The topological polar surface area (TPSA) is 76.5 Å². The number of aromatic carboxylic acids is 1. The lowest BCUT2D eigenvalue weighted by molar-refractivity contribution is 0.0665. The Morgan fingerprint density at radius 2 is 2.10 bits per heavy atom. The van der Waals surface area contributed by atoms with Crippen molar-refractivity contribution in [2.24, 2.45) is 0 Å². The van der Waals surface area contributed by atoms with E-state index in [1.165, 1.54) is 17.8 Å². The van der Waals surface area contributed by atoms with Gasteiger partial charge in [-0.25, -0.2) is 9.78 Å². The van der Waals surface area contributed by atoms with Crippen molar-refractivity contribution in [2.75, 3.05) is 0 Å². The Labute approximate surface area is 125 Å². The predicted molar refractivity (Wildman–Crippen MR) is 78.7 cm³/mol. The molecule has 0 radical (unpaired) electrons. The maximum Gasteiger partial charge on any atom is 0.371 e. The third kappa shape index (κ3) is 2.80. The first kappa shape index (κ1) is 13.8. The van der Waals surface area contributed by atoms with Crippen LogP contribution in [0, 0.1) is 13.8 Å². The Balaban J connectivity index is 1.79. The number of nitrogens with zero attached hydrogens (tertiary/aromatic N) is 1. The second-order valence-electron chi connectivity index (χ2n) is 4.70. The largest absolute Gasteiger partial charge is 0.475 e. The maximum absolute atomic E-state index is 10.9. The van der Waals surface area contributed by atoms with Crippen LogP contribution in [0.15, 0.2) is 38.3 Å². The first-order valence-corrected chi connectivity index (χ1v) is 7.34. The molecule has 3 rings (SSSR count). The van der Waals surface area contributed by atoms with Crippen molar-refractivity contribution >= 4 is 28.7 Å². The van der Waals surface area contributed by atoms with E-state index in [9.17, 15) is 4.79 Å². The highest BCUT2D eigenvalue weighted by molar-refractivity contribution is 7.98. The van der Waals surface area contributed by atoms with Crippen LogP contribution in [0.3, 0.4) is 0 Å². The zero-order valence-electron chi connectivity index (χ0n) is 11.5. The molecule has 0 unspecified atom stereocenters. The van der Waals surface area contributed by atoms with Crippen molar-refractivity contribution < 1.29 is 18.7 Å². The third-order valence-electron chi connectivity index (χ3n) is 3.16. The number of benzene rings is 1. The molecule has 21 heavy (non-hydrogen) atoms. The van der Waals surface area contributed by atoms with Gasteiger partial charge in [0.2, 0.25) is 5.76 Å². The summed E-state index contributed by atoms with van der Waals surface area (Å²) in [5.74, 6) is 0.415. The van der Waals surface area contributed by atoms with Crippen LogP contribution >= 0.6 is 11.8 Å². The average molecular weight is 303 g/mol. The molecule has 0 aliphatic rings. The molecule has 0 bridgehead atoms. The minimum atomic E-state index is -1.06. The standard InChI is InChI=1S/C15H13NO4S/c1-8-9(2)19-15(16-8)21-7-10-3-4-12-11(5-10)6-13(20-12)14(17)18/h3-6H,7H2,1-2H3,(H,17,18). The molecule has 108 valence electrons. The molecule has 2 heterocycles. The summed E-state index contributed by atoms with van der Waals surface area (Å²) < 4.78 is 10.7. The van der Waals surface area contributed by atoms with Gasteiger partial charge in [-0.1, -0.05) is 17.8 Å². The minimum absolute atomic E-state index is 0.0475. The van der Waals surface area contributed by atoms with Crippen LogP contribution in [0.5, 0.6) is 0 Å². The molecular formula is C15H13NO4S. The molecule has 5 nitrogen and oxygen atoms in total. The van der Waals surface area contributed by atoms with Gasteiger partial charge in [0.25, 0.3) is 5.22 Å². The lowest BCUT2D eigenvalue weighted by atomic mass is 10.2. The molecule has 2 aromatic heterocycles. The van der Waals surface area contributed by atoms with Gasteiger partial charge in [-0.2, -0.15) is 0 Å². The first-order valence-electron chi connectivity index (χ1n) is 6.35. The van der Waals surface area contributed by atoms with Crippen molar-refractivity contribution in [3.05, 3.63) is 47.0 Å². The number of oxazole rings is 1. The van der Waals surface area contributed by atoms with Crippen molar-refractivity contribution in [2.45, 2.75) is 24.8 Å². The highest BCUT2D eigenvalue weighted by atomic mass is 32.2. The number of furan rings is 1. The number of hydrogen-bond donors (Lipinski definition) is 1. The van der Waals surface area contributed by atoms with E-state index in [0.29, 0.717) is 16.6 Å². The summed E-state index contributed by atoms with van der Waals surface area (Å²) >= 11 is 1.51. The van der Waals surface area contributed by atoms with E-state index >= 15 is 0 Å². The molecule has 1 aromatic carbocycles. The van der Waals surface area contributed by atoms with Gasteiger partial charge in [-0.3, -0.25) is 0 Å². The van der Waals surface area contributed by atoms with E-state index < -0.39 is 5.97 Å². The predicted octanol–water partition coefficient (Wildman–Crippen LogP) is 4.03. The SMILES string of the molecule is Cc1nc(SCc2ccc3oc(C(=O)O)cc3c2)oc1C. The van der Waals surface area contributed by atoms with Crippen LogP contribution in [-0.2, 0) is 5.75 Å². The van der Waals surface area contributed by atoms with Gasteiger partial charge >= 0.3 is 5.97 Å². The fraction of sp³-hybridized carbons (Fsp3) is 0.200. The molecule has 0 saturated carbocycles. The van der Waals surface area contributed by atoms with E-state index in [1.807, 2.05) is 26.0 Å². The number of carboxylic acid groups (broad SMARTS) is 1. The molecule has 0 aliphatic carbocycles. The zero-order valence-corrected chi connectivity index (χ0v) is 12.4. The second kappa shape index (κ2) is 5.29. The molecule has 3 aromatic rings. The Hall–Kier alpha value is -2.21. The molecule has 0 spiro atoms.